The van der Waals surface area contributed by atoms with E-state index in [0.717, 1.165) is 24.2 Å². The summed E-state index contributed by atoms with van der Waals surface area (Å²) in [5.74, 6) is -0.846. The first-order valence-electron chi connectivity index (χ1n) is 6.60. The highest BCUT2D eigenvalue weighted by Gasteiger charge is 2.06. The summed E-state index contributed by atoms with van der Waals surface area (Å²) < 4.78 is 36.6. The molecule has 1 N–H and O–H groups in total. The van der Waals surface area contributed by atoms with E-state index in [1.54, 1.807) is 19.2 Å². The molecule has 3 nitrogen and oxygen atoms in total. The van der Waals surface area contributed by atoms with E-state index in [-0.39, 0.29) is 5.75 Å². The minimum Gasteiger partial charge on any atom is -0.454 e. The molecule has 0 heterocycles. The number of benzene rings is 2. The Bertz CT molecular complexity index is 573. The lowest BCUT2D eigenvalue weighted by atomic mass is 10.2. The van der Waals surface area contributed by atoms with E-state index in [4.69, 9.17) is 9.47 Å². The average molecular weight is 293 g/mol. The maximum absolute atomic E-state index is 13.5. The van der Waals surface area contributed by atoms with Crippen LogP contribution in [0.15, 0.2) is 42.5 Å². The largest absolute Gasteiger partial charge is 0.454 e. The van der Waals surface area contributed by atoms with Crippen molar-refractivity contribution in [3.05, 3.63) is 59.7 Å². The quantitative estimate of drug-likeness (QED) is 0.793. The smallest absolute Gasteiger partial charge is 0.168 e. The summed E-state index contributed by atoms with van der Waals surface area (Å²) in [4.78, 5) is 0. The first-order chi connectivity index (χ1) is 10.2. The monoisotopic (exact) mass is 293 g/mol. The molecule has 0 atom stereocenters. The molecule has 0 aliphatic carbocycles. The zero-order chi connectivity index (χ0) is 15.1. The van der Waals surface area contributed by atoms with Gasteiger partial charge in [-0.15, -0.1) is 0 Å². The molecule has 0 saturated carbocycles. The Labute approximate surface area is 122 Å². The molecular weight excluding hydrogens is 276 g/mol. The number of hydrogen-bond donors (Lipinski definition) is 1. The van der Waals surface area contributed by atoms with Crippen LogP contribution < -0.4 is 10.1 Å². The van der Waals surface area contributed by atoms with Crippen LogP contribution in [0.25, 0.3) is 0 Å². The molecule has 0 unspecified atom stereocenters. The molecule has 5 heteroatoms. The van der Waals surface area contributed by atoms with Crippen LogP contribution in [0, 0.1) is 11.6 Å². The normalized spacial score (nSPS) is 10.6. The molecule has 2 aromatic rings. The summed E-state index contributed by atoms with van der Waals surface area (Å²) in [6.45, 7) is 2.15. The van der Waals surface area contributed by atoms with Crippen LogP contribution >= 0.6 is 0 Å². The molecule has 0 bridgehead atoms. The van der Waals surface area contributed by atoms with Gasteiger partial charge in [-0.1, -0.05) is 12.1 Å². The van der Waals surface area contributed by atoms with Crippen LogP contribution in [0.2, 0.25) is 0 Å². The Morgan fingerprint density at radius 2 is 1.81 bits per heavy atom. The summed E-state index contributed by atoms with van der Waals surface area (Å²) >= 11 is 0. The van der Waals surface area contributed by atoms with Gasteiger partial charge in [-0.25, -0.2) is 8.78 Å². The second-order valence-electron chi connectivity index (χ2n) is 4.49. The van der Waals surface area contributed by atoms with Gasteiger partial charge in [-0.05, 0) is 29.8 Å². The van der Waals surface area contributed by atoms with Crippen molar-refractivity contribution in [3.63, 3.8) is 0 Å². The molecule has 0 radical (unpaired) electrons. The fourth-order valence-corrected chi connectivity index (χ4v) is 1.77. The molecule has 0 aliphatic heterocycles. The van der Waals surface area contributed by atoms with Gasteiger partial charge >= 0.3 is 0 Å². The zero-order valence-electron chi connectivity index (χ0n) is 11.7. The average Bonchev–Trinajstić information content (AvgIpc) is 2.48. The predicted molar refractivity (Wildman–Crippen MR) is 76.5 cm³/mol. The molecule has 0 aromatic heterocycles. The van der Waals surface area contributed by atoms with Gasteiger partial charge in [0.15, 0.2) is 11.6 Å². The van der Waals surface area contributed by atoms with E-state index in [9.17, 15) is 8.78 Å². The highest BCUT2D eigenvalue weighted by atomic mass is 19.1. The lowest BCUT2D eigenvalue weighted by Gasteiger charge is -2.08. The van der Waals surface area contributed by atoms with Crippen LogP contribution in [0.1, 0.15) is 5.56 Å². The molecule has 0 fully saturated rings. The number of nitrogens with one attached hydrogen (secondary N) is 1. The summed E-state index contributed by atoms with van der Waals surface area (Å²) in [5.41, 5.74) is 1.08. The maximum atomic E-state index is 13.5. The zero-order valence-corrected chi connectivity index (χ0v) is 11.7. The fourth-order valence-electron chi connectivity index (χ4n) is 1.77. The van der Waals surface area contributed by atoms with Crippen molar-refractivity contribution in [1.29, 1.82) is 0 Å². The molecular formula is C16H17F2NO2. The fraction of sp³-hybridized carbons (Fsp3) is 0.250. The Morgan fingerprint density at radius 1 is 1.05 bits per heavy atom. The standard InChI is InChI=1S/C16H17F2NO2/c1-20-9-8-19-11-12-2-5-14(6-3-12)21-16-7-4-13(17)10-15(16)18/h2-7,10,19H,8-9,11H2,1H3. The second kappa shape index (κ2) is 7.71. The predicted octanol–water partition coefficient (Wildman–Crippen LogP) is 3.49. The van der Waals surface area contributed by atoms with Gasteiger partial charge in [0.25, 0.3) is 0 Å². The van der Waals surface area contributed by atoms with Gasteiger partial charge in [-0.3, -0.25) is 0 Å². The van der Waals surface area contributed by atoms with E-state index in [0.29, 0.717) is 18.9 Å². The Morgan fingerprint density at radius 3 is 2.48 bits per heavy atom. The van der Waals surface area contributed by atoms with Crippen LogP contribution in [-0.2, 0) is 11.3 Å². The van der Waals surface area contributed by atoms with Crippen molar-refractivity contribution >= 4 is 0 Å². The highest BCUT2D eigenvalue weighted by molar-refractivity contribution is 5.34. The van der Waals surface area contributed by atoms with Crippen LogP contribution in [0.3, 0.4) is 0 Å². The van der Waals surface area contributed by atoms with E-state index < -0.39 is 11.6 Å². The number of hydrogen-bond acceptors (Lipinski definition) is 3. The maximum Gasteiger partial charge on any atom is 0.168 e. The summed E-state index contributed by atoms with van der Waals surface area (Å²) in [6.07, 6.45) is 0. The van der Waals surface area contributed by atoms with Crippen molar-refractivity contribution in [1.82, 2.24) is 5.32 Å². The van der Waals surface area contributed by atoms with E-state index in [1.807, 2.05) is 12.1 Å². The Balaban J connectivity index is 1.92. The van der Waals surface area contributed by atoms with E-state index in [2.05, 4.69) is 5.32 Å². The van der Waals surface area contributed by atoms with Crippen molar-refractivity contribution in [2.24, 2.45) is 0 Å². The first kappa shape index (κ1) is 15.4. The molecule has 0 saturated heterocycles. The number of ether oxygens (including phenoxy) is 2. The number of halogens is 2. The Kier molecular flexibility index (Phi) is 5.66. The van der Waals surface area contributed by atoms with Crippen LogP contribution in [-0.4, -0.2) is 20.3 Å². The number of methoxy groups -OCH3 is 1. The number of rotatable bonds is 7. The minimum absolute atomic E-state index is 0.00219. The molecule has 0 amide bonds. The third-order valence-corrected chi connectivity index (χ3v) is 2.86. The summed E-state index contributed by atoms with van der Waals surface area (Å²) in [6, 6.07) is 10.5. The first-order valence-corrected chi connectivity index (χ1v) is 6.60. The molecule has 2 aromatic carbocycles. The Hall–Kier alpha value is -1.98. The SMILES string of the molecule is COCCNCc1ccc(Oc2ccc(F)cc2F)cc1. The van der Waals surface area contributed by atoms with Crippen LogP contribution in [0.4, 0.5) is 8.78 Å². The van der Waals surface area contributed by atoms with Gasteiger partial charge in [0.2, 0.25) is 0 Å². The second-order valence-corrected chi connectivity index (χ2v) is 4.49. The van der Waals surface area contributed by atoms with Gasteiger partial charge in [0, 0.05) is 26.3 Å². The lowest BCUT2D eigenvalue weighted by molar-refractivity contribution is 0.199. The summed E-state index contributed by atoms with van der Waals surface area (Å²) in [7, 11) is 1.66. The van der Waals surface area contributed by atoms with E-state index >= 15 is 0 Å². The molecule has 0 spiro atoms. The minimum atomic E-state index is -0.722. The van der Waals surface area contributed by atoms with E-state index in [1.165, 1.54) is 6.07 Å². The molecule has 21 heavy (non-hydrogen) atoms. The van der Waals surface area contributed by atoms with Crippen molar-refractivity contribution in [2.75, 3.05) is 20.3 Å². The van der Waals surface area contributed by atoms with Gasteiger partial charge < -0.3 is 14.8 Å². The van der Waals surface area contributed by atoms with Crippen molar-refractivity contribution < 1.29 is 18.3 Å². The third kappa shape index (κ3) is 4.81. The third-order valence-electron chi connectivity index (χ3n) is 2.86. The highest BCUT2D eigenvalue weighted by Crippen LogP contribution is 2.25. The topological polar surface area (TPSA) is 30.5 Å². The van der Waals surface area contributed by atoms with Crippen molar-refractivity contribution in [2.45, 2.75) is 6.54 Å². The van der Waals surface area contributed by atoms with Crippen LogP contribution in [0.5, 0.6) is 11.5 Å². The van der Waals surface area contributed by atoms with Gasteiger partial charge in [0.1, 0.15) is 11.6 Å². The van der Waals surface area contributed by atoms with Gasteiger partial charge in [0.05, 0.1) is 6.61 Å². The lowest BCUT2D eigenvalue weighted by Crippen LogP contribution is -2.18. The van der Waals surface area contributed by atoms with Crippen molar-refractivity contribution in [3.8, 4) is 11.5 Å². The summed E-state index contributed by atoms with van der Waals surface area (Å²) in [5, 5.41) is 3.22. The molecule has 2 rings (SSSR count). The van der Waals surface area contributed by atoms with Gasteiger partial charge in [-0.2, -0.15) is 0 Å². The molecule has 0 aliphatic rings. The molecule has 112 valence electrons.